The van der Waals surface area contributed by atoms with Crippen molar-refractivity contribution in [2.24, 2.45) is 5.14 Å². The van der Waals surface area contributed by atoms with Crippen LogP contribution in [0.1, 0.15) is 18.9 Å². The maximum absolute atomic E-state index is 11.5. The first-order valence-corrected chi connectivity index (χ1v) is 7.40. The maximum atomic E-state index is 11.5. The molecule has 19 heavy (non-hydrogen) atoms. The molecule has 0 saturated heterocycles. The summed E-state index contributed by atoms with van der Waals surface area (Å²) in [6.07, 6.45) is 0.843. The summed E-state index contributed by atoms with van der Waals surface area (Å²) in [7, 11) is -3.73. The van der Waals surface area contributed by atoms with Crippen LogP contribution in [0.4, 0.5) is 5.69 Å². The highest BCUT2D eigenvalue weighted by Gasteiger charge is 2.12. The number of anilines is 1. The van der Waals surface area contributed by atoms with Gasteiger partial charge in [0.05, 0.1) is 4.90 Å². The number of aryl methyl sites for hydroxylation is 1. The van der Waals surface area contributed by atoms with Crippen molar-refractivity contribution in [3.8, 4) is 0 Å². The van der Waals surface area contributed by atoms with E-state index in [-0.39, 0.29) is 17.4 Å². The molecule has 1 rings (SSSR count). The predicted octanol–water partition coefficient (Wildman–Crippen LogP) is 1.01. The van der Waals surface area contributed by atoms with Gasteiger partial charge in [-0.15, -0.1) is 0 Å². The Morgan fingerprint density at radius 1 is 1.42 bits per heavy atom. The molecule has 0 spiro atoms. The van der Waals surface area contributed by atoms with Crippen molar-refractivity contribution >= 4 is 21.6 Å². The molecule has 1 amide bonds. The molecule has 0 aliphatic rings. The molecule has 0 aromatic heterocycles. The van der Waals surface area contributed by atoms with E-state index in [1.54, 1.807) is 13.0 Å². The topological polar surface area (TPSA) is 98.5 Å². The number of nitrogens with one attached hydrogen (secondary N) is 1. The number of amides is 1. The molecule has 0 unspecified atom stereocenters. The van der Waals surface area contributed by atoms with Crippen LogP contribution in [0.15, 0.2) is 23.1 Å². The Morgan fingerprint density at radius 3 is 2.63 bits per heavy atom. The van der Waals surface area contributed by atoms with E-state index in [1.165, 1.54) is 12.1 Å². The van der Waals surface area contributed by atoms with Gasteiger partial charge in [-0.25, -0.2) is 13.6 Å². The number of rotatable bonds is 6. The summed E-state index contributed by atoms with van der Waals surface area (Å²) in [4.78, 5) is 11.6. The van der Waals surface area contributed by atoms with Crippen LogP contribution in [0.3, 0.4) is 0 Å². The summed E-state index contributed by atoms with van der Waals surface area (Å²) in [5.41, 5.74) is 0.991. The van der Waals surface area contributed by atoms with E-state index >= 15 is 0 Å². The predicted molar refractivity (Wildman–Crippen MR) is 72.3 cm³/mol. The lowest BCUT2D eigenvalue weighted by Gasteiger charge is -2.08. The van der Waals surface area contributed by atoms with Gasteiger partial charge in [0.15, 0.2) is 0 Å². The van der Waals surface area contributed by atoms with Crippen molar-refractivity contribution in [2.45, 2.75) is 25.2 Å². The molecule has 0 saturated carbocycles. The van der Waals surface area contributed by atoms with Gasteiger partial charge in [-0.05, 0) is 37.1 Å². The van der Waals surface area contributed by atoms with Crippen LogP contribution in [0.25, 0.3) is 0 Å². The molecule has 0 atom stereocenters. The lowest BCUT2D eigenvalue weighted by Crippen LogP contribution is -2.19. The summed E-state index contributed by atoms with van der Waals surface area (Å²) < 4.78 is 27.6. The number of primary sulfonamides is 1. The van der Waals surface area contributed by atoms with E-state index in [1.807, 2.05) is 6.92 Å². The van der Waals surface area contributed by atoms with Crippen molar-refractivity contribution in [1.29, 1.82) is 0 Å². The van der Waals surface area contributed by atoms with E-state index < -0.39 is 10.0 Å². The minimum absolute atomic E-state index is 0.0240. The molecular weight excluding hydrogens is 268 g/mol. The van der Waals surface area contributed by atoms with Crippen LogP contribution in [-0.4, -0.2) is 27.5 Å². The van der Waals surface area contributed by atoms with Crippen molar-refractivity contribution in [2.75, 3.05) is 18.5 Å². The van der Waals surface area contributed by atoms with Crippen molar-refractivity contribution in [3.63, 3.8) is 0 Å². The average Bonchev–Trinajstić information content (AvgIpc) is 2.27. The summed E-state index contributed by atoms with van der Waals surface area (Å²) >= 11 is 0. The molecule has 3 N–H and O–H groups in total. The molecule has 0 radical (unpaired) electrons. The first kappa shape index (κ1) is 15.6. The van der Waals surface area contributed by atoms with Crippen molar-refractivity contribution < 1.29 is 17.9 Å². The highest BCUT2D eigenvalue weighted by Crippen LogP contribution is 2.18. The fraction of sp³-hybridized carbons (Fsp3) is 0.417. The monoisotopic (exact) mass is 286 g/mol. The van der Waals surface area contributed by atoms with Gasteiger partial charge in [0.2, 0.25) is 15.9 Å². The Balaban J connectivity index is 2.72. The van der Waals surface area contributed by atoms with E-state index in [0.717, 1.165) is 6.42 Å². The number of carbonyl (C=O) groups is 1. The Morgan fingerprint density at radius 2 is 2.11 bits per heavy atom. The van der Waals surface area contributed by atoms with Crippen molar-refractivity contribution in [3.05, 3.63) is 23.8 Å². The standard InChI is InChI=1S/C12H18N2O4S/c1-3-6-18-8-12(15)14-10-4-5-11(9(2)7-10)19(13,16)17/h4-5,7H,3,6,8H2,1-2H3,(H,14,15)(H2,13,16,17). The summed E-state index contributed by atoms with van der Waals surface area (Å²) in [6, 6.07) is 4.41. The first-order chi connectivity index (χ1) is 8.84. The zero-order valence-electron chi connectivity index (χ0n) is 11.0. The number of ether oxygens (including phenoxy) is 1. The lowest BCUT2D eigenvalue weighted by molar-refractivity contribution is -0.120. The van der Waals surface area contributed by atoms with Gasteiger partial charge in [-0.2, -0.15) is 0 Å². The SMILES string of the molecule is CCCOCC(=O)Nc1ccc(S(N)(=O)=O)c(C)c1. The molecule has 6 nitrogen and oxygen atoms in total. The van der Waals surface area contributed by atoms with Crippen molar-refractivity contribution in [1.82, 2.24) is 0 Å². The number of nitrogens with two attached hydrogens (primary N) is 1. The van der Waals surface area contributed by atoms with E-state index in [4.69, 9.17) is 9.88 Å². The summed E-state index contributed by atoms with van der Waals surface area (Å²) in [5.74, 6) is -0.281. The zero-order valence-corrected chi connectivity index (χ0v) is 11.8. The fourth-order valence-corrected chi connectivity index (χ4v) is 2.32. The van der Waals surface area contributed by atoms with Crippen LogP contribution < -0.4 is 10.5 Å². The summed E-state index contributed by atoms with van der Waals surface area (Å²) in [5, 5.41) is 7.68. The second kappa shape index (κ2) is 6.65. The van der Waals surface area contributed by atoms with Crippen LogP contribution in [0.2, 0.25) is 0 Å². The smallest absolute Gasteiger partial charge is 0.250 e. The molecule has 7 heteroatoms. The van der Waals surface area contributed by atoms with Crippen LogP contribution in [0, 0.1) is 6.92 Å². The highest BCUT2D eigenvalue weighted by atomic mass is 32.2. The van der Waals surface area contributed by atoms with Gasteiger partial charge in [0.25, 0.3) is 0 Å². The molecular formula is C12H18N2O4S. The molecule has 106 valence electrons. The van der Waals surface area contributed by atoms with E-state index in [2.05, 4.69) is 5.32 Å². The van der Waals surface area contributed by atoms with Gasteiger partial charge in [0, 0.05) is 12.3 Å². The third-order valence-corrected chi connectivity index (χ3v) is 3.42. The molecule has 0 bridgehead atoms. The maximum Gasteiger partial charge on any atom is 0.250 e. The number of carbonyl (C=O) groups excluding carboxylic acids is 1. The Hall–Kier alpha value is -1.44. The second-order valence-electron chi connectivity index (χ2n) is 4.13. The number of benzene rings is 1. The van der Waals surface area contributed by atoms with Crippen LogP contribution in [-0.2, 0) is 19.6 Å². The Labute approximate surface area is 113 Å². The van der Waals surface area contributed by atoms with Crippen LogP contribution in [0.5, 0.6) is 0 Å². The minimum atomic E-state index is -3.73. The second-order valence-corrected chi connectivity index (χ2v) is 5.66. The minimum Gasteiger partial charge on any atom is -0.372 e. The zero-order chi connectivity index (χ0) is 14.5. The van der Waals surface area contributed by atoms with E-state index in [0.29, 0.717) is 17.9 Å². The van der Waals surface area contributed by atoms with Gasteiger partial charge in [-0.3, -0.25) is 4.79 Å². The van der Waals surface area contributed by atoms with Gasteiger partial charge in [-0.1, -0.05) is 6.92 Å². The van der Waals surface area contributed by atoms with E-state index in [9.17, 15) is 13.2 Å². The molecule has 0 aliphatic heterocycles. The largest absolute Gasteiger partial charge is 0.372 e. The molecule has 0 heterocycles. The Kier molecular flexibility index (Phi) is 5.46. The third kappa shape index (κ3) is 4.98. The van der Waals surface area contributed by atoms with Gasteiger partial charge >= 0.3 is 0 Å². The highest BCUT2D eigenvalue weighted by molar-refractivity contribution is 7.89. The average molecular weight is 286 g/mol. The third-order valence-electron chi connectivity index (χ3n) is 2.35. The summed E-state index contributed by atoms with van der Waals surface area (Å²) in [6.45, 7) is 4.07. The van der Waals surface area contributed by atoms with Gasteiger partial charge < -0.3 is 10.1 Å². The fourth-order valence-electron chi connectivity index (χ4n) is 1.55. The molecule has 1 aromatic rings. The first-order valence-electron chi connectivity index (χ1n) is 5.85. The Bertz CT molecular complexity index is 555. The molecule has 0 fully saturated rings. The van der Waals surface area contributed by atoms with Crippen LogP contribution >= 0.6 is 0 Å². The normalized spacial score (nSPS) is 11.3. The number of hydrogen-bond donors (Lipinski definition) is 2. The number of sulfonamides is 1. The molecule has 0 aliphatic carbocycles. The number of hydrogen-bond acceptors (Lipinski definition) is 4. The quantitative estimate of drug-likeness (QED) is 0.762. The van der Waals surface area contributed by atoms with Gasteiger partial charge in [0.1, 0.15) is 6.61 Å². The molecule has 1 aromatic carbocycles. The lowest BCUT2D eigenvalue weighted by atomic mass is 10.2.